The summed E-state index contributed by atoms with van der Waals surface area (Å²) >= 11 is 5.89. The molecule has 0 radical (unpaired) electrons. The van der Waals surface area contributed by atoms with E-state index in [1.54, 1.807) is 0 Å². The number of nitrogens with zero attached hydrogens (tertiary/aromatic N) is 3. The van der Waals surface area contributed by atoms with Gasteiger partial charge < -0.3 is 4.40 Å². The largest absolute Gasteiger partial charge is 0.417 e. The summed E-state index contributed by atoms with van der Waals surface area (Å²) in [5.74, 6) is -0.0105. The molecule has 0 aliphatic carbocycles. The lowest BCUT2D eigenvalue weighted by Crippen LogP contribution is -2.07. The van der Waals surface area contributed by atoms with Gasteiger partial charge in [-0.2, -0.15) is 18.4 Å². The molecule has 0 bridgehead atoms. The van der Waals surface area contributed by atoms with Crippen molar-refractivity contribution in [2.75, 3.05) is 0 Å². The van der Waals surface area contributed by atoms with Gasteiger partial charge in [0.1, 0.15) is 0 Å². The van der Waals surface area contributed by atoms with E-state index in [-0.39, 0.29) is 23.0 Å². The van der Waals surface area contributed by atoms with Gasteiger partial charge in [0.15, 0.2) is 5.65 Å². The van der Waals surface area contributed by atoms with E-state index in [9.17, 15) is 13.2 Å². The van der Waals surface area contributed by atoms with Gasteiger partial charge in [-0.15, -0.1) is 0 Å². The first-order valence-corrected chi connectivity index (χ1v) is 6.28. The first-order chi connectivity index (χ1) is 9.25. The van der Waals surface area contributed by atoms with Crippen molar-refractivity contribution in [1.29, 1.82) is 5.26 Å². The first-order valence-electron chi connectivity index (χ1n) is 5.90. The fourth-order valence-corrected chi connectivity index (χ4v) is 2.29. The molecule has 20 heavy (non-hydrogen) atoms. The Morgan fingerprint density at radius 2 is 2.10 bits per heavy atom. The molecule has 0 amide bonds. The molecule has 0 spiro atoms. The molecule has 3 nitrogen and oxygen atoms in total. The van der Waals surface area contributed by atoms with Gasteiger partial charge in [-0.3, -0.25) is 0 Å². The van der Waals surface area contributed by atoms with Crippen LogP contribution >= 0.6 is 11.6 Å². The van der Waals surface area contributed by atoms with Crippen molar-refractivity contribution in [3.8, 4) is 6.07 Å². The van der Waals surface area contributed by atoms with Crippen LogP contribution in [-0.4, -0.2) is 9.38 Å². The zero-order valence-electron chi connectivity index (χ0n) is 10.8. The molecule has 0 saturated heterocycles. The summed E-state index contributed by atoms with van der Waals surface area (Å²) in [5, 5.41) is 8.78. The summed E-state index contributed by atoms with van der Waals surface area (Å²) in [6.07, 6.45) is -3.58. The van der Waals surface area contributed by atoms with Crippen molar-refractivity contribution in [3.63, 3.8) is 0 Å². The van der Waals surface area contributed by atoms with Crippen LogP contribution in [0.3, 0.4) is 0 Å². The molecule has 0 unspecified atom stereocenters. The normalized spacial score (nSPS) is 12.1. The zero-order chi connectivity index (χ0) is 15.1. The second kappa shape index (κ2) is 4.98. The van der Waals surface area contributed by atoms with Gasteiger partial charge >= 0.3 is 6.18 Å². The third kappa shape index (κ3) is 2.46. The van der Waals surface area contributed by atoms with Gasteiger partial charge in [0.2, 0.25) is 0 Å². The van der Waals surface area contributed by atoms with Crippen LogP contribution in [0.2, 0.25) is 5.02 Å². The lowest BCUT2D eigenvalue weighted by atomic mass is 10.1. The lowest BCUT2D eigenvalue weighted by molar-refractivity contribution is -0.137. The summed E-state index contributed by atoms with van der Waals surface area (Å²) < 4.78 is 39.7. The van der Waals surface area contributed by atoms with Crippen LogP contribution in [0.15, 0.2) is 12.3 Å². The Kier molecular flexibility index (Phi) is 3.65. The fraction of sp³-hybridized carbons (Fsp3) is 0.385. The molecule has 2 heterocycles. The van der Waals surface area contributed by atoms with Gasteiger partial charge in [-0.25, -0.2) is 4.98 Å². The number of rotatable bonds is 2. The molecule has 2 aromatic heterocycles. The van der Waals surface area contributed by atoms with E-state index < -0.39 is 11.7 Å². The van der Waals surface area contributed by atoms with Crippen LogP contribution in [0.5, 0.6) is 0 Å². The number of aromatic nitrogens is 2. The molecule has 106 valence electrons. The highest BCUT2D eigenvalue weighted by Gasteiger charge is 2.32. The van der Waals surface area contributed by atoms with Gasteiger partial charge in [-0.05, 0) is 12.0 Å². The number of fused-ring (bicyclic) bond motifs is 1. The second-order valence-electron chi connectivity index (χ2n) is 4.70. The SMILES string of the molecule is CC(C)c1nc2c(Cl)cc(C(F)(F)F)cn2c1CC#N. The van der Waals surface area contributed by atoms with Crippen LogP contribution in [0.25, 0.3) is 5.65 Å². The average molecular weight is 302 g/mol. The van der Waals surface area contributed by atoms with E-state index in [0.717, 1.165) is 12.3 Å². The van der Waals surface area contributed by atoms with Crippen LogP contribution in [0.4, 0.5) is 13.2 Å². The molecule has 0 aliphatic rings. The highest BCUT2D eigenvalue weighted by atomic mass is 35.5. The maximum atomic E-state index is 12.8. The Balaban J connectivity index is 2.80. The Morgan fingerprint density at radius 3 is 2.60 bits per heavy atom. The van der Waals surface area contributed by atoms with Crippen LogP contribution in [0, 0.1) is 11.3 Å². The third-order valence-electron chi connectivity index (χ3n) is 2.93. The second-order valence-corrected chi connectivity index (χ2v) is 5.11. The summed E-state index contributed by atoms with van der Waals surface area (Å²) in [5.41, 5.74) is 0.425. The Labute approximate surface area is 118 Å². The van der Waals surface area contributed by atoms with Gasteiger partial charge in [0.25, 0.3) is 0 Å². The summed E-state index contributed by atoms with van der Waals surface area (Å²) in [6, 6.07) is 2.80. The van der Waals surface area contributed by atoms with Crippen LogP contribution < -0.4 is 0 Å². The van der Waals surface area contributed by atoms with E-state index in [0.29, 0.717) is 11.4 Å². The number of halogens is 4. The van der Waals surface area contributed by atoms with E-state index in [4.69, 9.17) is 16.9 Å². The topological polar surface area (TPSA) is 41.1 Å². The third-order valence-corrected chi connectivity index (χ3v) is 3.20. The Bertz CT molecular complexity index is 695. The highest BCUT2D eigenvalue weighted by Crippen LogP contribution is 2.34. The summed E-state index contributed by atoms with van der Waals surface area (Å²) in [6.45, 7) is 3.72. The quantitative estimate of drug-likeness (QED) is 0.834. The molecule has 0 N–H and O–H groups in total. The predicted molar refractivity (Wildman–Crippen MR) is 68.6 cm³/mol. The minimum atomic E-state index is -4.50. The average Bonchev–Trinajstić information content (AvgIpc) is 2.68. The van der Waals surface area contributed by atoms with Crippen molar-refractivity contribution in [3.05, 3.63) is 34.2 Å². The van der Waals surface area contributed by atoms with Crippen LogP contribution in [-0.2, 0) is 12.6 Å². The number of alkyl halides is 3. The maximum Gasteiger partial charge on any atom is 0.417 e. The van der Waals surface area contributed by atoms with Crippen molar-refractivity contribution in [2.45, 2.75) is 32.4 Å². The number of hydrogen-bond donors (Lipinski definition) is 0. The van der Waals surface area contributed by atoms with E-state index >= 15 is 0 Å². The number of nitriles is 1. The molecule has 2 aromatic rings. The molecular formula is C13H11ClF3N3. The van der Waals surface area contributed by atoms with E-state index in [1.165, 1.54) is 4.40 Å². The van der Waals surface area contributed by atoms with Gasteiger partial charge in [0.05, 0.1) is 34.5 Å². The van der Waals surface area contributed by atoms with Crippen molar-refractivity contribution >= 4 is 17.2 Å². The molecule has 0 aromatic carbocycles. The number of pyridine rings is 1. The maximum absolute atomic E-state index is 12.8. The lowest BCUT2D eigenvalue weighted by Gasteiger charge is -2.09. The van der Waals surface area contributed by atoms with E-state index in [2.05, 4.69) is 4.98 Å². The smallest absolute Gasteiger partial charge is 0.301 e. The molecule has 0 fully saturated rings. The van der Waals surface area contributed by atoms with Crippen molar-refractivity contribution in [1.82, 2.24) is 9.38 Å². The minimum Gasteiger partial charge on any atom is -0.301 e. The molecule has 7 heteroatoms. The molecule has 0 aliphatic heterocycles. The monoisotopic (exact) mass is 301 g/mol. The number of imidazole rings is 1. The summed E-state index contributed by atoms with van der Waals surface area (Å²) in [7, 11) is 0. The molecule has 0 atom stereocenters. The first kappa shape index (κ1) is 14.7. The zero-order valence-corrected chi connectivity index (χ0v) is 11.5. The van der Waals surface area contributed by atoms with E-state index in [1.807, 2.05) is 19.9 Å². The fourth-order valence-electron chi connectivity index (χ4n) is 2.04. The molecule has 2 rings (SSSR count). The van der Waals surface area contributed by atoms with Crippen molar-refractivity contribution < 1.29 is 13.2 Å². The molecule has 0 saturated carbocycles. The number of hydrogen-bond acceptors (Lipinski definition) is 2. The standard InChI is InChI=1S/C13H11ClF3N3/c1-7(2)11-10(3-4-18)20-6-8(13(15,16)17)5-9(14)12(20)19-11/h5-7H,3H2,1-2H3. The van der Waals surface area contributed by atoms with Gasteiger partial charge in [-0.1, -0.05) is 25.4 Å². The van der Waals surface area contributed by atoms with Gasteiger partial charge in [0, 0.05) is 6.20 Å². The molecular weight excluding hydrogens is 291 g/mol. The highest BCUT2D eigenvalue weighted by molar-refractivity contribution is 6.33. The Hall–Kier alpha value is -1.74. The Morgan fingerprint density at radius 1 is 1.45 bits per heavy atom. The minimum absolute atomic E-state index is 0.0105. The summed E-state index contributed by atoms with van der Waals surface area (Å²) in [4.78, 5) is 4.27. The predicted octanol–water partition coefficient (Wildman–Crippen LogP) is 4.20. The van der Waals surface area contributed by atoms with Crippen molar-refractivity contribution in [2.24, 2.45) is 0 Å². The van der Waals surface area contributed by atoms with Crippen LogP contribution in [0.1, 0.15) is 36.7 Å².